The molecule has 1 rings (SSSR count). The lowest BCUT2D eigenvalue weighted by molar-refractivity contribution is -0.154. The summed E-state index contributed by atoms with van der Waals surface area (Å²) in [6.45, 7) is 5.23. The van der Waals surface area contributed by atoms with E-state index in [9.17, 15) is 22.8 Å². The Morgan fingerprint density at radius 3 is 2.14 bits per heavy atom. The molecule has 2 amide bonds. The van der Waals surface area contributed by atoms with Crippen LogP contribution in [-0.2, 0) is 9.53 Å². The lowest BCUT2D eigenvalue weighted by Crippen LogP contribution is -2.47. The molecule has 1 fully saturated rings. The number of alkyl halides is 3. The van der Waals surface area contributed by atoms with E-state index < -0.39 is 30.2 Å². The molecule has 0 aromatic rings. The average molecular weight is 324 g/mol. The van der Waals surface area contributed by atoms with E-state index in [1.54, 1.807) is 20.8 Å². The number of nitrogens with one attached hydrogen (secondary N) is 2. The highest BCUT2D eigenvalue weighted by molar-refractivity contribution is 5.77. The van der Waals surface area contributed by atoms with Gasteiger partial charge in [-0.1, -0.05) is 0 Å². The topological polar surface area (TPSA) is 67.4 Å². The quantitative estimate of drug-likeness (QED) is 0.839. The summed E-state index contributed by atoms with van der Waals surface area (Å²) in [7, 11) is 0. The Labute approximate surface area is 128 Å². The summed E-state index contributed by atoms with van der Waals surface area (Å²) in [5, 5.41) is 5.07. The molecule has 0 aliphatic heterocycles. The number of carbonyl (C=O) groups excluding carboxylic acids is 2. The number of amides is 2. The van der Waals surface area contributed by atoms with Gasteiger partial charge >= 0.3 is 12.3 Å². The van der Waals surface area contributed by atoms with Gasteiger partial charge in [0.25, 0.3) is 0 Å². The Hall–Kier alpha value is -1.47. The molecule has 1 aliphatic carbocycles. The maximum atomic E-state index is 12.1. The first kappa shape index (κ1) is 18.6. The average Bonchev–Trinajstić information content (AvgIpc) is 2.22. The van der Waals surface area contributed by atoms with Gasteiger partial charge in [0.15, 0.2) is 0 Å². The van der Waals surface area contributed by atoms with Crippen LogP contribution >= 0.6 is 0 Å². The first-order valence-corrected chi connectivity index (χ1v) is 7.30. The van der Waals surface area contributed by atoms with Crippen molar-refractivity contribution in [2.24, 2.45) is 0 Å². The molecule has 0 radical (unpaired) electrons. The molecular weight excluding hydrogens is 301 g/mol. The normalized spacial score (nSPS) is 22.8. The summed E-state index contributed by atoms with van der Waals surface area (Å²) >= 11 is 0. The van der Waals surface area contributed by atoms with Crippen molar-refractivity contribution < 1.29 is 27.5 Å². The fraction of sp³-hybridized carbons (Fsp3) is 0.857. The van der Waals surface area contributed by atoms with Crippen LogP contribution in [0.3, 0.4) is 0 Å². The zero-order valence-corrected chi connectivity index (χ0v) is 13.0. The van der Waals surface area contributed by atoms with Gasteiger partial charge in [0.1, 0.15) is 12.0 Å². The van der Waals surface area contributed by atoms with Crippen LogP contribution in [0.25, 0.3) is 0 Å². The predicted octanol–water partition coefficient (Wildman–Crippen LogP) is 2.89. The minimum Gasteiger partial charge on any atom is -0.444 e. The summed E-state index contributed by atoms with van der Waals surface area (Å²) in [6.07, 6.45) is -4.10. The van der Waals surface area contributed by atoms with Crippen LogP contribution in [0.2, 0.25) is 0 Å². The summed E-state index contributed by atoms with van der Waals surface area (Å²) < 4.78 is 41.5. The lowest BCUT2D eigenvalue weighted by atomic mass is 9.91. The first-order valence-electron chi connectivity index (χ1n) is 7.30. The first-order chi connectivity index (χ1) is 9.94. The number of alkyl carbamates (subject to hydrolysis) is 1. The molecule has 22 heavy (non-hydrogen) atoms. The van der Waals surface area contributed by atoms with Gasteiger partial charge in [-0.05, 0) is 46.5 Å². The molecule has 5 nitrogen and oxygen atoms in total. The Kier molecular flexibility index (Phi) is 6.08. The van der Waals surface area contributed by atoms with Crippen molar-refractivity contribution in [2.75, 3.05) is 0 Å². The van der Waals surface area contributed by atoms with Gasteiger partial charge in [0.2, 0.25) is 5.91 Å². The smallest absolute Gasteiger partial charge is 0.407 e. The molecule has 0 unspecified atom stereocenters. The van der Waals surface area contributed by atoms with Gasteiger partial charge in [-0.15, -0.1) is 0 Å². The van der Waals surface area contributed by atoms with Crippen molar-refractivity contribution in [1.82, 2.24) is 10.6 Å². The van der Waals surface area contributed by atoms with Gasteiger partial charge in [-0.3, -0.25) is 4.79 Å². The molecule has 128 valence electrons. The molecule has 0 heterocycles. The van der Waals surface area contributed by atoms with Crippen LogP contribution in [0.15, 0.2) is 0 Å². The monoisotopic (exact) mass is 324 g/mol. The van der Waals surface area contributed by atoms with Gasteiger partial charge < -0.3 is 15.4 Å². The highest BCUT2D eigenvalue weighted by Gasteiger charge is 2.33. The van der Waals surface area contributed by atoms with Crippen LogP contribution < -0.4 is 10.6 Å². The van der Waals surface area contributed by atoms with E-state index in [2.05, 4.69) is 10.6 Å². The Bertz CT molecular complexity index is 369. The molecule has 0 bridgehead atoms. The van der Waals surface area contributed by atoms with E-state index in [1.807, 2.05) is 0 Å². The highest BCUT2D eigenvalue weighted by Crippen LogP contribution is 2.22. The molecule has 1 saturated carbocycles. The van der Waals surface area contributed by atoms with Crippen molar-refractivity contribution in [2.45, 2.75) is 76.7 Å². The number of carbonyl (C=O) groups is 2. The lowest BCUT2D eigenvalue weighted by Gasteiger charge is -2.31. The second-order valence-corrected chi connectivity index (χ2v) is 6.57. The van der Waals surface area contributed by atoms with Crippen molar-refractivity contribution in [1.29, 1.82) is 0 Å². The summed E-state index contributed by atoms with van der Waals surface area (Å²) in [4.78, 5) is 23.0. The fourth-order valence-corrected chi connectivity index (χ4v) is 2.39. The third-order valence-electron chi connectivity index (χ3n) is 3.12. The Morgan fingerprint density at radius 2 is 1.64 bits per heavy atom. The molecule has 2 N–H and O–H groups in total. The van der Waals surface area contributed by atoms with E-state index >= 15 is 0 Å². The number of hydrogen-bond donors (Lipinski definition) is 2. The fourth-order valence-electron chi connectivity index (χ4n) is 2.39. The van der Waals surface area contributed by atoms with E-state index in [1.165, 1.54) is 0 Å². The summed E-state index contributed by atoms with van der Waals surface area (Å²) in [5.74, 6) is -1.03. The number of hydrogen-bond acceptors (Lipinski definition) is 3. The third kappa shape index (κ3) is 8.09. The Morgan fingerprint density at radius 1 is 1.09 bits per heavy atom. The minimum atomic E-state index is -4.51. The van der Waals surface area contributed by atoms with Gasteiger partial charge in [-0.2, -0.15) is 13.2 Å². The molecule has 2 atom stereocenters. The van der Waals surface area contributed by atoms with Crippen LogP contribution in [0.4, 0.5) is 18.0 Å². The standard InChI is InChI=1S/C14H23F3N2O3/c1-13(2,3)22-12(21)19-10-6-4-5-9(7-10)18-11(20)8-14(15,16)17/h9-10H,4-8H2,1-3H3,(H,18,20)(H,19,21)/t9-,10+/m0/s1. The zero-order chi connectivity index (χ0) is 17.0. The summed E-state index contributed by atoms with van der Waals surface area (Å²) in [6, 6.07) is -0.566. The van der Waals surface area contributed by atoms with Crippen molar-refractivity contribution >= 4 is 12.0 Å². The molecular formula is C14H23F3N2O3. The number of ether oxygens (including phenoxy) is 1. The van der Waals surface area contributed by atoms with E-state index in [-0.39, 0.29) is 12.1 Å². The summed E-state index contributed by atoms with van der Waals surface area (Å²) in [5.41, 5.74) is -0.612. The largest absolute Gasteiger partial charge is 0.444 e. The molecule has 8 heteroatoms. The third-order valence-corrected chi connectivity index (χ3v) is 3.12. The minimum absolute atomic E-state index is 0.209. The van der Waals surface area contributed by atoms with Gasteiger partial charge in [-0.25, -0.2) is 4.79 Å². The predicted molar refractivity (Wildman–Crippen MR) is 74.2 cm³/mol. The van der Waals surface area contributed by atoms with Crippen LogP contribution in [0, 0.1) is 0 Å². The van der Waals surface area contributed by atoms with Gasteiger partial charge in [0, 0.05) is 12.1 Å². The van der Waals surface area contributed by atoms with E-state index in [0.29, 0.717) is 19.3 Å². The van der Waals surface area contributed by atoms with Gasteiger partial charge in [0.05, 0.1) is 0 Å². The van der Waals surface area contributed by atoms with E-state index in [4.69, 9.17) is 4.74 Å². The maximum absolute atomic E-state index is 12.1. The van der Waals surface area contributed by atoms with Crippen LogP contribution in [-0.4, -0.2) is 35.9 Å². The van der Waals surface area contributed by atoms with Crippen LogP contribution in [0.5, 0.6) is 0 Å². The maximum Gasteiger partial charge on any atom is 0.407 e. The molecule has 0 saturated heterocycles. The Balaban J connectivity index is 2.41. The molecule has 0 aromatic carbocycles. The number of rotatable bonds is 3. The molecule has 0 spiro atoms. The second kappa shape index (κ2) is 7.19. The van der Waals surface area contributed by atoms with Crippen LogP contribution in [0.1, 0.15) is 52.9 Å². The van der Waals surface area contributed by atoms with E-state index in [0.717, 1.165) is 6.42 Å². The second-order valence-electron chi connectivity index (χ2n) is 6.57. The molecule has 0 aromatic heterocycles. The number of halogens is 3. The zero-order valence-electron chi connectivity index (χ0n) is 13.0. The SMILES string of the molecule is CC(C)(C)OC(=O)N[C@@H]1CCC[C@H](NC(=O)CC(F)(F)F)C1. The molecule has 1 aliphatic rings. The van der Waals surface area contributed by atoms with Crippen molar-refractivity contribution in [3.05, 3.63) is 0 Å². The highest BCUT2D eigenvalue weighted by atomic mass is 19.4. The van der Waals surface area contributed by atoms with Crippen molar-refractivity contribution in [3.63, 3.8) is 0 Å². The van der Waals surface area contributed by atoms with Crippen molar-refractivity contribution in [3.8, 4) is 0 Å².